The smallest absolute Gasteiger partial charge is 0.272 e. The Bertz CT molecular complexity index is 1360. The van der Waals surface area contributed by atoms with Crippen molar-refractivity contribution < 1.29 is 23.9 Å². The van der Waals surface area contributed by atoms with Gasteiger partial charge >= 0.3 is 0 Å². The van der Waals surface area contributed by atoms with E-state index in [1.807, 2.05) is 6.07 Å². The first kappa shape index (κ1) is 25.7. The maximum absolute atomic E-state index is 13.2. The molecule has 1 heterocycles. The summed E-state index contributed by atoms with van der Waals surface area (Å²) >= 11 is 1.31. The number of carbonyl (C=O) groups excluding carboxylic acids is 4. The van der Waals surface area contributed by atoms with Gasteiger partial charge in [0.25, 0.3) is 11.8 Å². The van der Waals surface area contributed by atoms with Crippen LogP contribution in [0.25, 0.3) is 6.08 Å². The van der Waals surface area contributed by atoms with Crippen molar-refractivity contribution >= 4 is 47.2 Å². The number of nitrogens with zero attached hydrogens (tertiary/aromatic N) is 1. The number of anilines is 1. The lowest BCUT2D eigenvalue weighted by Crippen LogP contribution is -2.30. The first-order valence-corrected chi connectivity index (χ1v) is 12.3. The molecule has 188 valence electrons. The van der Waals surface area contributed by atoms with E-state index in [-0.39, 0.29) is 23.9 Å². The minimum absolute atomic E-state index is 0.0370. The summed E-state index contributed by atoms with van der Waals surface area (Å²) in [6, 6.07) is 22.7. The number of thioether (sulfide) groups is 1. The van der Waals surface area contributed by atoms with Crippen molar-refractivity contribution in [2.45, 2.75) is 16.6 Å². The van der Waals surface area contributed by atoms with Gasteiger partial charge in [-0.2, -0.15) is 0 Å². The summed E-state index contributed by atoms with van der Waals surface area (Å²) in [6.07, 6.45) is 1.72. The van der Waals surface area contributed by atoms with Crippen LogP contribution in [0.1, 0.15) is 22.3 Å². The normalized spacial score (nSPS) is 15.5. The van der Waals surface area contributed by atoms with E-state index in [9.17, 15) is 19.2 Å². The zero-order chi connectivity index (χ0) is 26.4. The highest BCUT2D eigenvalue weighted by molar-refractivity contribution is 8.00. The van der Waals surface area contributed by atoms with Gasteiger partial charge < -0.3 is 15.4 Å². The molecule has 3 aromatic carbocycles. The van der Waals surface area contributed by atoms with E-state index in [4.69, 9.17) is 4.74 Å². The molecule has 3 aromatic rings. The molecular weight excluding hydrogens is 490 g/mol. The van der Waals surface area contributed by atoms with Gasteiger partial charge in [-0.1, -0.05) is 36.4 Å². The van der Waals surface area contributed by atoms with Crippen LogP contribution in [0.3, 0.4) is 0 Å². The molecule has 1 atom stereocenters. The molecule has 1 unspecified atom stereocenters. The number of ether oxygens (including phenoxy) is 1. The van der Waals surface area contributed by atoms with Crippen LogP contribution >= 0.6 is 11.8 Å². The van der Waals surface area contributed by atoms with Crippen LogP contribution < -0.4 is 15.4 Å². The van der Waals surface area contributed by atoms with E-state index in [0.29, 0.717) is 22.6 Å². The van der Waals surface area contributed by atoms with Gasteiger partial charge in [0.1, 0.15) is 11.4 Å². The number of methoxy groups -OCH3 is 1. The third-order valence-electron chi connectivity index (χ3n) is 5.70. The van der Waals surface area contributed by atoms with Gasteiger partial charge in [-0.15, -0.1) is 11.8 Å². The zero-order valence-electron chi connectivity index (χ0n) is 20.3. The van der Waals surface area contributed by atoms with Gasteiger partial charge in [0.15, 0.2) is 0 Å². The van der Waals surface area contributed by atoms with Gasteiger partial charge in [0.05, 0.1) is 12.4 Å². The Hall–Kier alpha value is -4.37. The lowest BCUT2D eigenvalue weighted by Gasteiger charge is -2.13. The molecular formula is C28H25N3O5S. The molecule has 2 N–H and O–H groups in total. The minimum Gasteiger partial charge on any atom is -0.496 e. The van der Waals surface area contributed by atoms with Gasteiger partial charge in [-0.3, -0.25) is 24.1 Å². The zero-order valence-corrected chi connectivity index (χ0v) is 21.1. The standard InChI is InChI=1S/C28H25N3O5S/c1-31-25(32)17-24(28(31)35)37-21-14-12-20(13-15-21)29-27(34)22(16-19-10-6-7-11-23(19)36-2)30-26(33)18-8-4-3-5-9-18/h3-16,24H,17H2,1-2H3,(H,29,34)(H,30,33)/b22-16-. The van der Waals surface area contributed by atoms with E-state index < -0.39 is 17.1 Å². The topological polar surface area (TPSA) is 105 Å². The average molecular weight is 516 g/mol. The molecule has 4 rings (SSSR count). The van der Waals surface area contributed by atoms with Gasteiger partial charge in [-0.25, -0.2) is 0 Å². The number of rotatable bonds is 8. The second kappa shape index (κ2) is 11.6. The van der Waals surface area contributed by atoms with Crippen molar-refractivity contribution in [1.82, 2.24) is 10.2 Å². The molecule has 8 nitrogen and oxygen atoms in total. The molecule has 1 aliphatic heterocycles. The number of amides is 4. The number of imide groups is 1. The minimum atomic E-state index is -0.520. The monoisotopic (exact) mass is 515 g/mol. The van der Waals surface area contributed by atoms with Crippen LogP contribution in [0.4, 0.5) is 5.69 Å². The van der Waals surface area contributed by atoms with E-state index in [1.54, 1.807) is 78.9 Å². The first-order valence-electron chi connectivity index (χ1n) is 11.5. The summed E-state index contributed by atoms with van der Waals surface area (Å²) in [5.41, 5.74) is 1.57. The number of benzene rings is 3. The average Bonchev–Trinajstić information content (AvgIpc) is 3.16. The predicted octanol–water partition coefficient (Wildman–Crippen LogP) is 3.95. The Balaban J connectivity index is 1.52. The molecule has 0 bridgehead atoms. The highest BCUT2D eigenvalue weighted by atomic mass is 32.2. The second-order valence-corrected chi connectivity index (χ2v) is 9.48. The lowest BCUT2D eigenvalue weighted by molar-refractivity contribution is -0.136. The lowest BCUT2D eigenvalue weighted by atomic mass is 10.1. The fourth-order valence-electron chi connectivity index (χ4n) is 3.68. The van der Waals surface area contributed by atoms with Crippen molar-refractivity contribution in [2.75, 3.05) is 19.5 Å². The Morgan fingerprint density at radius 2 is 1.65 bits per heavy atom. The van der Waals surface area contributed by atoms with E-state index >= 15 is 0 Å². The molecule has 9 heteroatoms. The van der Waals surface area contributed by atoms with Crippen LogP contribution in [-0.2, 0) is 14.4 Å². The van der Waals surface area contributed by atoms with Crippen molar-refractivity contribution in [1.29, 1.82) is 0 Å². The maximum atomic E-state index is 13.2. The quantitative estimate of drug-likeness (QED) is 0.348. The molecule has 0 aliphatic carbocycles. The third-order valence-corrected chi connectivity index (χ3v) is 6.90. The van der Waals surface area contributed by atoms with Crippen LogP contribution in [0.5, 0.6) is 5.75 Å². The summed E-state index contributed by atoms with van der Waals surface area (Å²) in [4.78, 5) is 51.9. The summed E-state index contributed by atoms with van der Waals surface area (Å²) in [5.74, 6) is -0.808. The molecule has 37 heavy (non-hydrogen) atoms. The van der Waals surface area contributed by atoms with Crippen LogP contribution in [-0.4, -0.2) is 47.9 Å². The highest BCUT2D eigenvalue weighted by Gasteiger charge is 2.36. The number of hydrogen-bond acceptors (Lipinski definition) is 6. The fraction of sp³-hybridized carbons (Fsp3) is 0.143. The maximum Gasteiger partial charge on any atom is 0.272 e. The number of likely N-dealkylation sites (tertiary alicyclic amines) is 1. The number of nitrogens with one attached hydrogen (secondary N) is 2. The molecule has 0 spiro atoms. The predicted molar refractivity (Wildman–Crippen MR) is 142 cm³/mol. The largest absolute Gasteiger partial charge is 0.496 e. The Labute approximate surface area is 218 Å². The first-order chi connectivity index (χ1) is 17.9. The van der Waals surface area contributed by atoms with E-state index in [1.165, 1.54) is 25.9 Å². The molecule has 1 aliphatic rings. The third kappa shape index (κ3) is 6.25. The van der Waals surface area contributed by atoms with Crippen molar-refractivity contribution in [3.05, 3.63) is 95.7 Å². The highest BCUT2D eigenvalue weighted by Crippen LogP contribution is 2.31. The summed E-state index contributed by atoms with van der Waals surface area (Å²) in [5, 5.41) is 5.04. The van der Waals surface area contributed by atoms with Crippen molar-refractivity contribution in [2.24, 2.45) is 0 Å². The van der Waals surface area contributed by atoms with Gasteiger partial charge in [0, 0.05) is 35.2 Å². The van der Waals surface area contributed by atoms with Crippen LogP contribution in [0.2, 0.25) is 0 Å². The fourth-order valence-corrected chi connectivity index (χ4v) is 4.78. The second-order valence-electron chi connectivity index (χ2n) is 8.20. The van der Waals surface area contributed by atoms with Gasteiger partial charge in [0.2, 0.25) is 11.8 Å². The van der Waals surface area contributed by atoms with Crippen molar-refractivity contribution in [3.8, 4) is 5.75 Å². The molecule has 4 amide bonds. The van der Waals surface area contributed by atoms with Crippen molar-refractivity contribution in [3.63, 3.8) is 0 Å². The number of carbonyl (C=O) groups is 4. The van der Waals surface area contributed by atoms with E-state index in [2.05, 4.69) is 10.6 Å². The molecule has 0 radical (unpaired) electrons. The Kier molecular flexibility index (Phi) is 8.05. The van der Waals surface area contributed by atoms with Gasteiger partial charge in [-0.05, 0) is 48.5 Å². The number of hydrogen-bond donors (Lipinski definition) is 2. The molecule has 1 saturated heterocycles. The van der Waals surface area contributed by atoms with E-state index in [0.717, 1.165) is 9.80 Å². The summed E-state index contributed by atoms with van der Waals surface area (Å²) in [7, 11) is 3.01. The SMILES string of the molecule is COc1ccccc1/C=C(\NC(=O)c1ccccc1)C(=O)Nc1ccc(SC2CC(=O)N(C)C2=O)cc1. The Morgan fingerprint density at radius 3 is 2.30 bits per heavy atom. The summed E-state index contributed by atoms with van der Waals surface area (Å²) < 4.78 is 5.38. The van der Waals surface area contributed by atoms with Crippen LogP contribution in [0.15, 0.2) is 89.5 Å². The van der Waals surface area contributed by atoms with Crippen LogP contribution in [0, 0.1) is 0 Å². The Morgan fingerprint density at radius 1 is 0.973 bits per heavy atom. The summed E-state index contributed by atoms with van der Waals surface area (Å²) in [6.45, 7) is 0. The molecule has 0 aromatic heterocycles. The molecule has 1 fully saturated rings. The molecule has 0 saturated carbocycles. The number of para-hydroxylation sites is 1.